The summed E-state index contributed by atoms with van der Waals surface area (Å²) in [5.74, 6) is 0.568. The van der Waals surface area contributed by atoms with Gasteiger partial charge in [0, 0.05) is 17.7 Å². The minimum atomic E-state index is -4.35. The summed E-state index contributed by atoms with van der Waals surface area (Å²) in [6.45, 7) is 0.159. The summed E-state index contributed by atoms with van der Waals surface area (Å²) >= 11 is 1.51. The van der Waals surface area contributed by atoms with Crippen LogP contribution in [0.3, 0.4) is 0 Å². The number of nitrogens with one attached hydrogen (secondary N) is 1. The maximum Gasteiger partial charge on any atom is 0.416 e. The standard InChI is InChI=1S/C19H19F3N4S/c20-19(21,22)15-5-3-4-13(8-15)10-24-11-14(9-23)12-27-18-25-16-6-1-2-7-17(16)26-18/h1,3-6,8-9,11H,2,7,10,12,23H2,(H,25,26)/b14-9+,24-11?. The number of aromatic amines is 1. The van der Waals surface area contributed by atoms with Crippen LogP contribution in [-0.4, -0.2) is 21.9 Å². The van der Waals surface area contributed by atoms with Gasteiger partial charge >= 0.3 is 6.18 Å². The number of hydrogen-bond donors (Lipinski definition) is 2. The number of nitrogens with two attached hydrogens (primary N) is 1. The fraction of sp³-hybridized carbons (Fsp3) is 0.263. The molecule has 0 bridgehead atoms. The third-order valence-electron chi connectivity index (χ3n) is 4.00. The second-order valence-electron chi connectivity index (χ2n) is 6.04. The van der Waals surface area contributed by atoms with Crippen LogP contribution >= 0.6 is 11.8 Å². The number of imidazole rings is 1. The van der Waals surface area contributed by atoms with Gasteiger partial charge in [-0.05, 0) is 48.4 Å². The lowest BCUT2D eigenvalue weighted by Crippen LogP contribution is -2.05. The average Bonchev–Trinajstić information content (AvgIpc) is 3.07. The van der Waals surface area contributed by atoms with Crippen molar-refractivity contribution in [1.82, 2.24) is 9.97 Å². The van der Waals surface area contributed by atoms with Crippen molar-refractivity contribution in [3.8, 4) is 0 Å². The second kappa shape index (κ2) is 8.47. The van der Waals surface area contributed by atoms with Crippen LogP contribution in [0.5, 0.6) is 0 Å². The van der Waals surface area contributed by atoms with E-state index < -0.39 is 11.7 Å². The Kier molecular flexibility index (Phi) is 6.05. The topological polar surface area (TPSA) is 67.1 Å². The van der Waals surface area contributed by atoms with Gasteiger partial charge in [0.15, 0.2) is 5.16 Å². The number of halogens is 3. The van der Waals surface area contributed by atoms with E-state index in [2.05, 4.69) is 21.0 Å². The third-order valence-corrected chi connectivity index (χ3v) is 4.95. The molecule has 0 spiro atoms. The Bertz CT molecular complexity index is 881. The number of aryl methyl sites for hydroxylation is 1. The van der Waals surface area contributed by atoms with Gasteiger partial charge < -0.3 is 10.7 Å². The number of benzene rings is 1. The first-order valence-corrected chi connectivity index (χ1v) is 9.39. The Morgan fingerprint density at radius 1 is 1.37 bits per heavy atom. The number of H-pyrrole nitrogens is 1. The van der Waals surface area contributed by atoms with Crippen LogP contribution < -0.4 is 5.73 Å². The summed E-state index contributed by atoms with van der Waals surface area (Å²) in [5.41, 5.74) is 8.35. The first-order chi connectivity index (χ1) is 13.0. The van der Waals surface area contributed by atoms with Gasteiger partial charge in [0.05, 0.1) is 17.8 Å². The van der Waals surface area contributed by atoms with Crippen LogP contribution in [0.4, 0.5) is 13.2 Å². The van der Waals surface area contributed by atoms with Crippen molar-refractivity contribution in [1.29, 1.82) is 0 Å². The number of nitrogens with zero attached hydrogens (tertiary/aromatic N) is 2. The zero-order valence-corrected chi connectivity index (χ0v) is 15.3. The van der Waals surface area contributed by atoms with E-state index in [0.29, 0.717) is 11.3 Å². The van der Waals surface area contributed by atoms with Crippen molar-refractivity contribution in [3.05, 3.63) is 64.6 Å². The monoisotopic (exact) mass is 392 g/mol. The van der Waals surface area contributed by atoms with E-state index in [9.17, 15) is 13.2 Å². The van der Waals surface area contributed by atoms with Gasteiger partial charge in [-0.2, -0.15) is 13.2 Å². The van der Waals surface area contributed by atoms with E-state index in [1.807, 2.05) is 6.08 Å². The number of hydrogen-bond acceptors (Lipinski definition) is 4. The molecule has 0 atom stereocenters. The Morgan fingerprint density at radius 3 is 2.96 bits per heavy atom. The summed E-state index contributed by atoms with van der Waals surface area (Å²) in [7, 11) is 0. The van der Waals surface area contributed by atoms with Gasteiger partial charge in [-0.3, -0.25) is 4.99 Å². The zero-order valence-electron chi connectivity index (χ0n) is 14.5. The quantitative estimate of drug-likeness (QED) is 0.558. The molecule has 0 unspecified atom stereocenters. The Morgan fingerprint density at radius 2 is 2.22 bits per heavy atom. The molecule has 2 aromatic rings. The van der Waals surface area contributed by atoms with Crippen LogP contribution in [-0.2, 0) is 19.1 Å². The molecule has 0 saturated carbocycles. The molecule has 3 N–H and O–H groups in total. The van der Waals surface area contributed by atoms with Gasteiger partial charge in [-0.1, -0.05) is 30.0 Å². The summed E-state index contributed by atoms with van der Waals surface area (Å²) in [5, 5.41) is 0.817. The first-order valence-electron chi connectivity index (χ1n) is 8.40. The average molecular weight is 392 g/mol. The van der Waals surface area contributed by atoms with Crippen LogP contribution in [0, 0.1) is 0 Å². The van der Waals surface area contributed by atoms with Gasteiger partial charge in [0.25, 0.3) is 0 Å². The summed E-state index contributed by atoms with van der Waals surface area (Å²) in [6, 6.07) is 5.16. The minimum Gasteiger partial charge on any atom is -0.404 e. The Labute approximate surface area is 159 Å². The molecule has 0 radical (unpaired) electrons. The van der Waals surface area contributed by atoms with Crippen LogP contribution in [0.25, 0.3) is 6.08 Å². The van der Waals surface area contributed by atoms with Gasteiger partial charge in [-0.25, -0.2) is 4.98 Å². The molecule has 1 aliphatic carbocycles. The molecule has 1 aromatic carbocycles. The first kappa shape index (κ1) is 19.3. The van der Waals surface area contributed by atoms with Gasteiger partial charge in [-0.15, -0.1) is 0 Å². The lowest BCUT2D eigenvalue weighted by molar-refractivity contribution is -0.137. The lowest BCUT2D eigenvalue weighted by atomic mass is 10.1. The van der Waals surface area contributed by atoms with E-state index >= 15 is 0 Å². The van der Waals surface area contributed by atoms with E-state index in [-0.39, 0.29) is 6.54 Å². The molecular formula is C19H19F3N4S. The van der Waals surface area contributed by atoms with Gasteiger partial charge in [0.2, 0.25) is 0 Å². The molecule has 8 heteroatoms. The molecule has 0 saturated heterocycles. The van der Waals surface area contributed by atoms with E-state index in [4.69, 9.17) is 5.73 Å². The minimum absolute atomic E-state index is 0.159. The van der Waals surface area contributed by atoms with Crippen molar-refractivity contribution in [2.24, 2.45) is 10.7 Å². The van der Waals surface area contributed by atoms with Gasteiger partial charge in [0.1, 0.15) is 0 Å². The molecule has 1 heterocycles. The predicted octanol–water partition coefficient (Wildman–Crippen LogP) is 4.59. The molecule has 0 fully saturated rings. The number of aliphatic imine (C=N–C) groups is 1. The highest BCUT2D eigenvalue weighted by Crippen LogP contribution is 2.29. The normalized spacial score (nSPS) is 14.7. The molecule has 4 nitrogen and oxygen atoms in total. The zero-order chi connectivity index (χ0) is 19.3. The highest BCUT2D eigenvalue weighted by molar-refractivity contribution is 7.99. The fourth-order valence-electron chi connectivity index (χ4n) is 2.61. The third kappa shape index (κ3) is 5.26. The Balaban J connectivity index is 1.56. The highest BCUT2D eigenvalue weighted by atomic mass is 32.2. The second-order valence-corrected chi connectivity index (χ2v) is 7.01. The number of allylic oxidation sites excluding steroid dienone is 1. The fourth-order valence-corrected chi connectivity index (χ4v) is 3.44. The number of aromatic nitrogens is 2. The number of fused-ring (bicyclic) bond motifs is 1. The smallest absolute Gasteiger partial charge is 0.404 e. The summed E-state index contributed by atoms with van der Waals surface area (Å²) in [6.07, 6.45) is 4.77. The van der Waals surface area contributed by atoms with Crippen molar-refractivity contribution in [2.75, 3.05) is 5.75 Å². The largest absolute Gasteiger partial charge is 0.416 e. The predicted molar refractivity (Wildman–Crippen MR) is 103 cm³/mol. The maximum absolute atomic E-state index is 12.7. The van der Waals surface area contributed by atoms with Crippen LogP contribution in [0.1, 0.15) is 28.9 Å². The molecule has 1 aliphatic rings. The molecule has 27 heavy (non-hydrogen) atoms. The molecule has 3 rings (SSSR count). The van der Waals surface area contributed by atoms with E-state index in [1.165, 1.54) is 24.0 Å². The van der Waals surface area contributed by atoms with Crippen molar-refractivity contribution in [3.63, 3.8) is 0 Å². The lowest BCUT2D eigenvalue weighted by Gasteiger charge is -2.07. The van der Waals surface area contributed by atoms with Crippen LogP contribution in [0.2, 0.25) is 0 Å². The molecule has 142 valence electrons. The van der Waals surface area contributed by atoms with E-state index in [0.717, 1.165) is 47.1 Å². The highest BCUT2D eigenvalue weighted by Gasteiger charge is 2.30. The molecule has 0 aliphatic heterocycles. The molecular weight excluding hydrogens is 373 g/mol. The molecule has 0 amide bonds. The van der Waals surface area contributed by atoms with E-state index in [1.54, 1.807) is 12.3 Å². The molecule has 1 aromatic heterocycles. The van der Waals surface area contributed by atoms with Crippen LogP contribution in [0.15, 0.2) is 52.3 Å². The number of rotatable bonds is 6. The number of thioether (sulfide) groups is 1. The summed E-state index contributed by atoms with van der Waals surface area (Å²) in [4.78, 5) is 12.0. The summed E-state index contributed by atoms with van der Waals surface area (Å²) < 4.78 is 38.2. The SMILES string of the molecule is N/C=C(\C=NCc1cccc(C(F)(F)F)c1)CSc1nc2c([nH]1)CCC=C2. The number of alkyl halides is 3. The van der Waals surface area contributed by atoms with Crippen molar-refractivity contribution < 1.29 is 13.2 Å². The maximum atomic E-state index is 12.7. The van der Waals surface area contributed by atoms with Crippen molar-refractivity contribution >= 4 is 24.1 Å². The van der Waals surface area contributed by atoms with Crippen molar-refractivity contribution in [2.45, 2.75) is 30.7 Å². The Hall–Kier alpha value is -2.48.